The summed E-state index contributed by atoms with van der Waals surface area (Å²) in [4.78, 5) is 4.51. The Morgan fingerprint density at radius 2 is 1.76 bits per heavy atom. The number of nitrogens with one attached hydrogen (secondary N) is 1. The molecule has 3 nitrogen and oxygen atoms in total. The Morgan fingerprint density at radius 1 is 0.905 bits per heavy atom. The number of rotatable bonds is 5. The van der Waals surface area contributed by atoms with Crippen LogP contribution in [-0.4, -0.2) is 16.6 Å². The molecule has 0 amide bonds. The second kappa shape index (κ2) is 6.37. The van der Waals surface area contributed by atoms with Crippen LogP contribution in [0.4, 0.5) is 0 Å². The molecule has 2 N–H and O–H groups in total. The van der Waals surface area contributed by atoms with Gasteiger partial charge in [-0.25, -0.2) is 4.98 Å². The number of fused-ring (bicyclic) bond motifs is 1. The molecule has 0 atom stereocenters. The van der Waals surface area contributed by atoms with Crippen LogP contribution in [0, 0.1) is 0 Å². The molecular formula is C18H18N2O. The van der Waals surface area contributed by atoms with Crippen molar-refractivity contribution in [3.8, 4) is 5.75 Å². The lowest BCUT2D eigenvalue weighted by Crippen LogP contribution is -2.17. The van der Waals surface area contributed by atoms with Gasteiger partial charge in [0.05, 0.1) is 5.69 Å². The molecule has 3 aromatic rings. The molecule has 0 aliphatic rings. The number of aromatic nitrogens is 1. The molecule has 0 bridgehead atoms. The number of para-hydroxylation sites is 1. The first-order valence-electron chi connectivity index (χ1n) is 7.15. The van der Waals surface area contributed by atoms with E-state index in [1.54, 1.807) is 6.07 Å². The van der Waals surface area contributed by atoms with Gasteiger partial charge in [-0.05, 0) is 30.7 Å². The maximum Gasteiger partial charge on any atom is 0.141 e. The maximum absolute atomic E-state index is 9.83. The fourth-order valence-electron chi connectivity index (χ4n) is 2.36. The summed E-state index contributed by atoms with van der Waals surface area (Å²) in [7, 11) is 0. The highest BCUT2D eigenvalue weighted by Gasteiger charge is 2.02. The van der Waals surface area contributed by atoms with Crippen molar-refractivity contribution >= 4 is 10.9 Å². The Labute approximate surface area is 124 Å². The number of hydrogen-bond acceptors (Lipinski definition) is 3. The number of aromatic hydroxyl groups is 1. The van der Waals surface area contributed by atoms with E-state index in [2.05, 4.69) is 34.6 Å². The SMILES string of the molecule is Oc1cccc2ccc(CNCCc3ccccc3)nc12. The minimum absolute atomic E-state index is 0.235. The number of benzene rings is 2. The van der Waals surface area contributed by atoms with Gasteiger partial charge in [0.25, 0.3) is 0 Å². The number of phenols is 1. The van der Waals surface area contributed by atoms with Crippen LogP contribution < -0.4 is 5.32 Å². The fourth-order valence-corrected chi connectivity index (χ4v) is 2.36. The standard InChI is InChI=1S/C18H18N2O/c21-17-8-4-7-15-9-10-16(20-18(15)17)13-19-12-11-14-5-2-1-3-6-14/h1-10,19,21H,11-13H2. The number of nitrogens with zero attached hydrogens (tertiary/aromatic N) is 1. The van der Waals surface area contributed by atoms with E-state index in [0.717, 1.165) is 24.0 Å². The van der Waals surface area contributed by atoms with E-state index in [-0.39, 0.29) is 5.75 Å². The van der Waals surface area contributed by atoms with Crippen LogP contribution in [0.1, 0.15) is 11.3 Å². The Bertz CT molecular complexity index is 726. The summed E-state index contributed by atoms with van der Waals surface area (Å²) in [5.74, 6) is 0.235. The largest absolute Gasteiger partial charge is 0.506 e. The van der Waals surface area contributed by atoms with Crippen molar-refractivity contribution in [2.24, 2.45) is 0 Å². The molecule has 1 heterocycles. The smallest absolute Gasteiger partial charge is 0.141 e. The van der Waals surface area contributed by atoms with Gasteiger partial charge in [0, 0.05) is 11.9 Å². The number of phenolic OH excluding ortho intramolecular Hbond substituents is 1. The Hall–Kier alpha value is -2.39. The summed E-state index contributed by atoms with van der Waals surface area (Å²) in [5, 5.41) is 14.2. The Balaban J connectivity index is 1.59. The maximum atomic E-state index is 9.83. The van der Waals surface area contributed by atoms with E-state index in [9.17, 15) is 5.11 Å². The lowest BCUT2D eigenvalue weighted by atomic mass is 10.1. The first-order valence-corrected chi connectivity index (χ1v) is 7.15. The van der Waals surface area contributed by atoms with E-state index in [1.165, 1.54) is 5.56 Å². The van der Waals surface area contributed by atoms with Gasteiger partial charge < -0.3 is 10.4 Å². The molecule has 0 saturated heterocycles. The third-order valence-electron chi connectivity index (χ3n) is 3.50. The second-order valence-corrected chi connectivity index (χ2v) is 5.06. The third-order valence-corrected chi connectivity index (χ3v) is 3.50. The molecule has 106 valence electrons. The average Bonchev–Trinajstić information content (AvgIpc) is 2.53. The van der Waals surface area contributed by atoms with E-state index < -0.39 is 0 Å². The summed E-state index contributed by atoms with van der Waals surface area (Å²) in [6, 6.07) is 19.9. The molecule has 0 spiro atoms. The predicted molar refractivity (Wildman–Crippen MR) is 85.3 cm³/mol. The number of hydrogen-bond donors (Lipinski definition) is 2. The van der Waals surface area contributed by atoms with E-state index in [0.29, 0.717) is 12.1 Å². The van der Waals surface area contributed by atoms with Gasteiger partial charge >= 0.3 is 0 Å². The van der Waals surface area contributed by atoms with Crippen molar-refractivity contribution in [3.63, 3.8) is 0 Å². The summed E-state index contributed by atoms with van der Waals surface area (Å²) in [5.41, 5.74) is 2.94. The topological polar surface area (TPSA) is 45.1 Å². The lowest BCUT2D eigenvalue weighted by molar-refractivity contribution is 0.480. The predicted octanol–water partition coefficient (Wildman–Crippen LogP) is 3.27. The highest BCUT2D eigenvalue weighted by molar-refractivity contribution is 5.84. The highest BCUT2D eigenvalue weighted by Crippen LogP contribution is 2.22. The first-order chi connectivity index (χ1) is 10.3. The summed E-state index contributed by atoms with van der Waals surface area (Å²) >= 11 is 0. The van der Waals surface area contributed by atoms with E-state index >= 15 is 0 Å². The Kier molecular flexibility index (Phi) is 4.12. The zero-order chi connectivity index (χ0) is 14.5. The summed E-state index contributed by atoms with van der Waals surface area (Å²) in [6.45, 7) is 1.61. The molecule has 0 radical (unpaired) electrons. The molecule has 2 aromatic carbocycles. The highest BCUT2D eigenvalue weighted by atomic mass is 16.3. The molecule has 1 aromatic heterocycles. The summed E-state index contributed by atoms with van der Waals surface area (Å²) in [6.07, 6.45) is 1.000. The summed E-state index contributed by atoms with van der Waals surface area (Å²) < 4.78 is 0. The normalized spacial score (nSPS) is 10.9. The Morgan fingerprint density at radius 3 is 2.62 bits per heavy atom. The van der Waals surface area contributed by atoms with Crippen LogP contribution in [-0.2, 0) is 13.0 Å². The van der Waals surface area contributed by atoms with E-state index in [1.807, 2.05) is 30.3 Å². The zero-order valence-corrected chi connectivity index (χ0v) is 11.8. The van der Waals surface area contributed by atoms with Crippen molar-refractivity contribution in [2.45, 2.75) is 13.0 Å². The van der Waals surface area contributed by atoms with Crippen molar-refractivity contribution in [2.75, 3.05) is 6.54 Å². The second-order valence-electron chi connectivity index (χ2n) is 5.06. The van der Waals surface area contributed by atoms with Crippen molar-refractivity contribution in [1.82, 2.24) is 10.3 Å². The van der Waals surface area contributed by atoms with Gasteiger partial charge in [0.15, 0.2) is 0 Å². The van der Waals surface area contributed by atoms with Crippen molar-refractivity contribution < 1.29 is 5.11 Å². The molecule has 0 saturated carbocycles. The molecule has 0 aliphatic carbocycles. The van der Waals surface area contributed by atoms with E-state index in [4.69, 9.17) is 0 Å². The molecule has 0 unspecified atom stereocenters. The van der Waals surface area contributed by atoms with Gasteiger partial charge in [-0.15, -0.1) is 0 Å². The van der Waals surface area contributed by atoms with Gasteiger partial charge in [-0.3, -0.25) is 0 Å². The average molecular weight is 278 g/mol. The third kappa shape index (κ3) is 3.38. The molecular weight excluding hydrogens is 260 g/mol. The molecule has 0 fully saturated rings. The van der Waals surface area contributed by atoms with Gasteiger partial charge in [-0.2, -0.15) is 0 Å². The zero-order valence-electron chi connectivity index (χ0n) is 11.8. The minimum Gasteiger partial charge on any atom is -0.506 e. The number of pyridine rings is 1. The van der Waals surface area contributed by atoms with Crippen molar-refractivity contribution in [3.05, 3.63) is 71.9 Å². The van der Waals surface area contributed by atoms with Crippen LogP contribution in [0.2, 0.25) is 0 Å². The first kappa shape index (κ1) is 13.6. The van der Waals surface area contributed by atoms with Gasteiger partial charge in [0.2, 0.25) is 0 Å². The fraction of sp³-hybridized carbons (Fsp3) is 0.167. The van der Waals surface area contributed by atoms with Crippen molar-refractivity contribution in [1.29, 1.82) is 0 Å². The lowest BCUT2D eigenvalue weighted by Gasteiger charge is -2.06. The van der Waals surface area contributed by atoms with Gasteiger partial charge in [0.1, 0.15) is 11.3 Å². The van der Waals surface area contributed by atoms with Gasteiger partial charge in [-0.1, -0.05) is 48.5 Å². The molecule has 3 rings (SSSR count). The minimum atomic E-state index is 0.235. The monoisotopic (exact) mass is 278 g/mol. The van der Waals surface area contributed by atoms with Crippen LogP contribution in [0.5, 0.6) is 5.75 Å². The quantitative estimate of drug-likeness (QED) is 0.704. The van der Waals surface area contributed by atoms with Crippen LogP contribution in [0.3, 0.4) is 0 Å². The molecule has 3 heteroatoms. The molecule has 0 aliphatic heterocycles. The molecule has 21 heavy (non-hydrogen) atoms. The van der Waals surface area contributed by atoms with Crippen LogP contribution in [0.25, 0.3) is 10.9 Å². The van der Waals surface area contributed by atoms with Crippen LogP contribution >= 0.6 is 0 Å². The van der Waals surface area contributed by atoms with Crippen LogP contribution in [0.15, 0.2) is 60.7 Å².